The SMILES string of the molecule is COC(=O)c1ccccc1NC(=O)CSc1nc2nc(N3CCCC3)sc2c(=O)n1C. The Kier molecular flexibility index (Phi) is 6.23. The first kappa shape index (κ1) is 21.3. The van der Waals surface area contributed by atoms with Crippen LogP contribution in [-0.4, -0.2) is 52.4 Å². The molecule has 0 unspecified atom stereocenters. The van der Waals surface area contributed by atoms with Crippen LogP contribution >= 0.6 is 23.1 Å². The van der Waals surface area contributed by atoms with Gasteiger partial charge in [-0.1, -0.05) is 35.2 Å². The van der Waals surface area contributed by atoms with Gasteiger partial charge in [-0.3, -0.25) is 14.2 Å². The van der Waals surface area contributed by atoms with Crippen LogP contribution in [0.4, 0.5) is 10.8 Å². The Morgan fingerprint density at radius 1 is 1.23 bits per heavy atom. The molecule has 4 rings (SSSR count). The second-order valence-corrected chi connectivity index (χ2v) is 8.90. The van der Waals surface area contributed by atoms with Crippen molar-refractivity contribution < 1.29 is 14.3 Å². The normalized spacial score (nSPS) is 13.5. The summed E-state index contributed by atoms with van der Waals surface area (Å²) in [5.74, 6) is -0.841. The first-order chi connectivity index (χ1) is 15.0. The fourth-order valence-electron chi connectivity index (χ4n) is 3.29. The van der Waals surface area contributed by atoms with Gasteiger partial charge in [0, 0.05) is 20.1 Å². The van der Waals surface area contributed by atoms with E-state index in [9.17, 15) is 14.4 Å². The van der Waals surface area contributed by atoms with E-state index in [0.717, 1.165) is 42.8 Å². The minimum Gasteiger partial charge on any atom is -0.465 e. The van der Waals surface area contributed by atoms with Crippen LogP contribution in [0.2, 0.25) is 0 Å². The van der Waals surface area contributed by atoms with E-state index in [0.29, 0.717) is 21.2 Å². The molecule has 0 bridgehead atoms. The van der Waals surface area contributed by atoms with E-state index in [2.05, 4.69) is 20.2 Å². The van der Waals surface area contributed by atoms with Crippen LogP contribution in [0.15, 0.2) is 34.2 Å². The molecule has 0 radical (unpaired) electrons. The molecule has 3 aromatic rings. The zero-order chi connectivity index (χ0) is 22.0. The predicted molar refractivity (Wildman–Crippen MR) is 121 cm³/mol. The van der Waals surface area contributed by atoms with Crippen molar-refractivity contribution in [1.82, 2.24) is 14.5 Å². The summed E-state index contributed by atoms with van der Waals surface area (Å²) in [6, 6.07) is 6.61. The fourth-order valence-corrected chi connectivity index (χ4v) is 5.08. The Morgan fingerprint density at radius 3 is 2.71 bits per heavy atom. The highest BCUT2D eigenvalue weighted by Crippen LogP contribution is 2.29. The second kappa shape index (κ2) is 9.06. The molecule has 1 N–H and O–H groups in total. The van der Waals surface area contributed by atoms with Gasteiger partial charge in [0.25, 0.3) is 5.56 Å². The van der Waals surface area contributed by atoms with Gasteiger partial charge in [0.05, 0.1) is 24.1 Å². The lowest BCUT2D eigenvalue weighted by molar-refractivity contribution is -0.113. The number of anilines is 2. The molecule has 3 heterocycles. The summed E-state index contributed by atoms with van der Waals surface area (Å²) in [6.07, 6.45) is 2.24. The molecular weight excluding hydrogens is 438 g/mol. The lowest BCUT2D eigenvalue weighted by atomic mass is 10.2. The third-order valence-electron chi connectivity index (χ3n) is 4.90. The van der Waals surface area contributed by atoms with Crippen molar-refractivity contribution in [3.05, 3.63) is 40.2 Å². The average molecular weight is 460 g/mol. The molecule has 0 atom stereocenters. The smallest absolute Gasteiger partial charge is 0.339 e. The number of rotatable bonds is 6. The number of methoxy groups -OCH3 is 1. The van der Waals surface area contributed by atoms with Crippen LogP contribution in [0.5, 0.6) is 0 Å². The molecule has 0 saturated carbocycles. The van der Waals surface area contributed by atoms with E-state index in [1.54, 1.807) is 31.3 Å². The Balaban J connectivity index is 1.50. The second-order valence-electron chi connectivity index (χ2n) is 6.98. The van der Waals surface area contributed by atoms with Crippen molar-refractivity contribution in [3.63, 3.8) is 0 Å². The molecule has 1 fully saturated rings. The van der Waals surface area contributed by atoms with Crippen molar-refractivity contribution in [3.8, 4) is 0 Å². The summed E-state index contributed by atoms with van der Waals surface area (Å²) in [5.41, 5.74) is 0.875. The quantitative estimate of drug-likeness (QED) is 0.340. The molecule has 162 valence electrons. The Bertz CT molecular complexity index is 1200. The number of carbonyl (C=O) groups is 2. The van der Waals surface area contributed by atoms with E-state index >= 15 is 0 Å². The number of hydrogen-bond acceptors (Lipinski definition) is 9. The molecular formula is C20H21N5O4S2. The van der Waals surface area contributed by atoms with E-state index in [-0.39, 0.29) is 22.8 Å². The number of thioether (sulfide) groups is 1. The molecule has 1 amide bonds. The zero-order valence-corrected chi connectivity index (χ0v) is 18.7. The molecule has 0 aliphatic carbocycles. The lowest BCUT2D eigenvalue weighted by Crippen LogP contribution is -2.21. The highest BCUT2D eigenvalue weighted by molar-refractivity contribution is 7.99. The number of amides is 1. The maximum Gasteiger partial charge on any atom is 0.339 e. The van der Waals surface area contributed by atoms with Crippen LogP contribution in [-0.2, 0) is 16.6 Å². The number of carbonyl (C=O) groups excluding carboxylic acids is 2. The first-order valence-electron chi connectivity index (χ1n) is 9.70. The monoisotopic (exact) mass is 459 g/mol. The van der Waals surface area contributed by atoms with Crippen molar-refractivity contribution in [1.29, 1.82) is 0 Å². The van der Waals surface area contributed by atoms with Crippen LogP contribution in [0.25, 0.3) is 10.3 Å². The molecule has 0 spiro atoms. The summed E-state index contributed by atoms with van der Waals surface area (Å²) < 4.78 is 6.70. The molecule has 2 aromatic heterocycles. The summed E-state index contributed by atoms with van der Waals surface area (Å²) in [7, 11) is 2.92. The Hall–Kier alpha value is -2.92. The minimum absolute atomic E-state index is 0.0183. The maximum atomic E-state index is 12.8. The summed E-state index contributed by atoms with van der Waals surface area (Å²) in [6.45, 7) is 1.88. The highest BCUT2D eigenvalue weighted by atomic mass is 32.2. The van der Waals surface area contributed by atoms with Crippen LogP contribution < -0.4 is 15.8 Å². The van der Waals surface area contributed by atoms with Gasteiger partial charge in [-0.15, -0.1) is 0 Å². The van der Waals surface area contributed by atoms with E-state index in [1.807, 2.05) is 0 Å². The van der Waals surface area contributed by atoms with E-state index in [4.69, 9.17) is 4.74 Å². The van der Waals surface area contributed by atoms with Crippen molar-refractivity contribution in [2.75, 3.05) is 36.2 Å². The van der Waals surface area contributed by atoms with E-state index in [1.165, 1.54) is 23.0 Å². The predicted octanol–water partition coefficient (Wildman–Crippen LogP) is 2.51. The average Bonchev–Trinajstić information content (AvgIpc) is 3.45. The third kappa shape index (κ3) is 4.42. The third-order valence-corrected chi connectivity index (χ3v) is 7.02. The number of ether oxygens (including phenoxy) is 1. The number of fused-ring (bicyclic) bond motifs is 1. The van der Waals surface area contributed by atoms with Gasteiger partial charge in [0.15, 0.2) is 15.9 Å². The topological polar surface area (TPSA) is 106 Å². The maximum absolute atomic E-state index is 12.8. The number of esters is 1. The summed E-state index contributed by atoms with van der Waals surface area (Å²) >= 11 is 2.50. The first-order valence-corrected chi connectivity index (χ1v) is 11.5. The van der Waals surface area contributed by atoms with Crippen LogP contribution in [0, 0.1) is 0 Å². The van der Waals surface area contributed by atoms with Gasteiger partial charge in [-0.05, 0) is 25.0 Å². The number of hydrogen-bond donors (Lipinski definition) is 1. The Labute approximate surface area is 186 Å². The van der Waals surface area contributed by atoms with Gasteiger partial charge in [-0.25, -0.2) is 9.78 Å². The molecule has 1 saturated heterocycles. The number of benzene rings is 1. The van der Waals surface area contributed by atoms with Crippen molar-refractivity contribution >= 4 is 56.1 Å². The van der Waals surface area contributed by atoms with Gasteiger partial charge in [0.2, 0.25) is 5.91 Å². The number of aromatic nitrogens is 3. The van der Waals surface area contributed by atoms with E-state index < -0.39 is 5.97 Å². The largest absolute Gasteiger partial charge is 0.465 e. The number of nitrogens with one attached hydrogen (secondary N) is 1. The summed E-state index contributed by atoms with van der Waals surface area (Å²) in [4.78, 5) is 48.3. The fraction of sp³-hybridized carbons (Fsp3) is 0.350. The van der Waals surface area contributed by atoms with Crippen LogP contribution in [0.1, 0.15) is 23.2 Å². The Morgan fingerprint density at radius 2 is 1.97 bits per heavy atom. The number of para-hydroxylation sites is 1. The van der Waals surface area contributed by atoms with Crippen LogP contribution in [0.3, 0.4) is 0 Å². The van der Waals surface area contributed by atoms with Crippen molar-refractivity contribution in [2.24, 2.45) is 7.05 Å². The standard InChI is InChI=1S/C20H21N5O4S2/c1-24-17(27)15-16(23-20(31-15)25-9-5-6-10-25)22-19(24)30-11-14(26)21-13-8-4-3-7-12(13)18(28)29-2/h3-4,7-8H,5-6,9-11H2,1-2H3,(H,21,26). The molecule has 1 aromatic carbocycles. The summed E-state index contributed by atoms with van der Waals surface area (Å²) in [5, 5.41) is 3.94. The molecule has 1 aliphatic rings. The van der Waals surface area contributed by atoms with Gasteiger partial charge in [0.1, 0.15) is 4.70 Å². The van der Waals surface area contributed by atoms with Gasteiger partial charge < -0.3 is 15.0 Å². The number of thiazole rings is 1. The lowest BCUT2D eigenvalue weighted by Gasteiger charge is -2.11. The van der Waals surface area contributed by atoms with Gasteiger partial charge in [-0.2, -0.15) is 4.98 Å². The van der Waals surface area contributed by atoms with Crippen molar-refractivity contribution in [2.45, 2.75) is 18.0 Å². The molecule has 31 heavy (non-hydrogen) atoms. The van der Waals surface area contributed by atoms with Gasteiger partial charge >= 0.3 is 5.97 Å². The molecule has 9 nitrogen and oxygen atoms in total. The minimum atomic E-state index is -0.532. The molecule has 11 heteroatoms. The number of nitrogens with zero attached hydrogens (tertiary/aromatic N) is 4. The zero-order valence-electron chi connectivity index (χ0n) is 17.1. The highest BCUT2D eigenvalue weighted by Gasteiger charge is 2.20. The molecule has 1 aliphatic heterocycles.